The molecular formula is C21H20N2O4S. The van der Waals surface area contributed by atoms with Crippen molar-refractivity contribution in [2.75, 3.05) is 11.9 Å². The van der Waals surface area contributed by atoms with Crippen LogP contribution in [0, 0.1) is 0 Å². The number of rotatable bonds is 7. The Morgan fingerprint density at radius 3 is 2.57 bits per heavy atom. The Labute approximate surface area is 166 Å². The number of hydrogen-bond donors (Lipinski definition) is 2. The van der Waals surface area contributed by atoms with E-state index in [9.17, 15) is 14.4 Å². The van der Waals surface area contributed by atoms with Crippen LogP contribution in [0.2, 0.25) is 0 Å². The summed E-state index contributed by atoms with van der Waals surface area (Å²) in [6, 6.07) is 16.5. The second kappa shape index (κ2) is 9.14. The maximum Gasteiger partial charge on any atom is 0.308 e. The average molecular weight is 396 g/mol. The molecule has 2 aromatic carbocycles. The van der Waals surface area contributed by atoms with Gasteiger partial charge in [-0.05, 0) is 22.9 Å². The predicted molar refractivity (Wildman–Crippen MR) is 109 cm³/mol. The predicted octanol–water partition coefficient (Wildman–Crippen LogP) is 3.65. The van der Waals surface area contributed by atoms with Crippen molar-refractivity contribution in [3.05, 3.63) is 64.9 Å². The molecule has 1 atom stereocenters. The van der Waals surface area contributed by atoms with E-state index in [1.807, 2.05) is 53.9 Å². The summed E-state index contributed by atoms with van der Waals surface area (Å²) >= 11 is 1.44. The van der Waals surface area contributed by atoms with Crippen molar-refractivity contribution in [3.8, 4) is 0 Å². The Balaban J connectivity index is 1.56. The molecule has 28 heavy (non-hydrogen) atoms. The fraction of sp³-hybridized carbons (Fsp3) is 0.190. The van der Waals surface area contributed by atoms with Crippen LogP contribution in [0.5, 0.6) is 0 Å². The number of benzene rings is 2. The molecule has 0 fully saturated rings. The third-order valence-corrected chi connectivity index (χ3v) is 5.05. The van der Waals surface area contributed by atoms with E-state index in [1.165, 1.54) is 18.3 Å². The van der Waals surface area contributed by atoms with Crippen LogP contribution in [-0.4, -0.2) is 24.4 Å². The minimum absolute atomic E-state index is 0.0400. The van der Waals surface area contributed by atoms with Crippen LogP contribution in [0.3, 0.4) is 0 Å². The van der Waals surface area contributed by atoms with Crippen molar-refractivity contribution >= 4 is 45.6 Å². The Morgan fingerprint density at radius 1 is 1.04 bits per heavy atom. The molecule has 1 heterocycles. The van der Waals surface area contributed by atoms with Gasteiger partial charge in [0.2, 0.25) is 5.91 Å². The Bertz CT molecular complexity index is 980. The second-order valence-corrected chi connectivity index (χ2v) is 7.19. The average Bonchev–Trinajstić information content (AvgIpc) is 3.21. The first kappa shape index (κ1) is 19.6. The molecule has 0 saturated heterocycles. The molecule has 3 aromatic rings. The van der Waals surface area contributed by atoms with Crippen molar-refractivity contribution in [1.82, 2.24) is 5.32 Å². The minimum atomic E-state index is -0.555. The highest BCUT2D eigenvalue weighted by atomic mass is 32.1. The van der Waals surface area contributed by atoms with Gasteiger partial charge in [-0.2, -0.15) is 0 Å². The van der Waals surface area contributed by atoms with Crippen LogP contribution in [0.4, 0.5) is 5.69 Å². The summed E-state index contributed by atoms with van der Waals surface area (Å²) < 4.78 is 5.10. The molecule has 0 aliphatic heterocycles. The number of amides is 2. The first-order chi connectivity index (χ1) is 13.5. The first-order valence-corrected chi connectivity index (χ1v) is 9.64. The summed E-state index contributed by atoms with van der Waals surface area (Å²) in [7, 11) is 0. The molecule has 7 heteroatoms. The molecule has 0 radical (unpaired) electrons. The molecule has 1 unspecified atom stereocenters. The molecule has 0 spiro atoms. The molecule has 2 N–H and O–H groups in total. The normalized spacial score (nSPS) is 11.6. The summed E-state index contributed by atoms with van der Waals surface area (Å²) in [6.45, 7) is 1.00. The summed E-state index contributed by atoms with van der Waals surface area (Å²) in [5.41, 5.74) is 0.661. The molecule has 0 bridgehead atoms. The largest absolute Gasteiger partial charge is 0.455 e. The minimum Gasteiger partial charge on any atom is -0.455 e. The molecule has 0 aliphatic rings. The fourth-order valence-electron chi connectivity index (χ4n) is 2.85. The number of anilines is 1. The molecular weight excluding hydrogens is 376 g/mol. The monoisotopic (exact) mass is 396 g/mol. The summed E-state index contributed by atoms with van der Waals surface area (Å²) in [5, 5.41) is 9.28. The van der Waals surface area contributed by atoms with E-state index in [2.05, 4.69) is 10.6 Å². The van der Waals surface area contributed by atoms with Gasteiger partial charge in [0.25, 0.3) is 5.91 Å². The van der Waals surface area contributed by atoms with Crippen molar-refractivity contribution in [2.24, 2.45) is 0 Å². The van der Waals surface area contributed by atoms with E-state index >= 15 is 0 Å². The maximum atomic E-state index is 12.2. The zero-order valence-electron chi connectivity index (χ0n) is 15.3. The lowest BCUT2D eigenvalue weighted by atomic mass is 10.1. The summed E-state index contributed by atoms with van der Waals surface area (Å²) in [4.78, 5) is 36.6. The van der Waals surface area contributed by atoms with Crippen LogP contribution in [0.25, 0.3) is 10.8 Å². The van der Waals surface area contributed by atoms with E-state index in [0.29, 0.717) is 5.69 Å². The Kier molecular flexibility index (Phi) is 6.39. The highest BCUT2D eigenvalue weighted by Crippen LogP contribution is 2.24. The van der Waals surface area contributed by atoms with Gasteiger partial charge in [0.15, 0.2) is 6.61 Å². The van der Waals surface area contributed by atoms with Gasteiger partial charge in [-0.15, -0.1) is 11.3 Å². The highest BCUT2D eigenvalue weighted by molar-refractivity contribution is 7.10. The maximum absolute atomic E-state index is 12.2. The Hall–Kier alpha value is -3.19. The number of carbonyl (C=O) groups is 3. The standard InChI is InChI=1S/C21H20N2O4S/c1-14(24)22-18(19-10-5-11-28-19)12-21(26)27-13-20(25)23-17-9-4-7-15-6-2-3-8-16(15)17/h2-11,18H,12-13H2,1H3,(H,22,24)(H,23,25). The van der Waals surface area contributed by atoms with Crippen molar-refractivity contribution < 1.29 is 19.1 Å². The van der Waals surface area contributed by atoms with Crippen molar-refractivity contribution in [2.45, 2.75) is 19.4 Å². The third kappa shape index (κ3) is 5.17. The third-order valence-electron chi connectivity index (χ3n) is 4.06. The number of esters is 1. The summed E-state index contributed by atoms with van der Waals surface area (Å²) in [6.07, 6.45) is -0.0400. The van der Waals surface area contributed by atoms with Gasteiger partial charge in [0.05, 0.1) is 12.5 Å². The van der Waals surface area contributed by atoms with Crippen LogP contribution in [0.1, 0.15) is 24.3 Å². The number of fused-ring (bicyclic) bond motifs is 1. The molecule has 1 aromatic heterocycles. The lowest BCUT2D eigenvalue weighted by Gasteiger charge is -2.15. The molecule has 144 valence electrons. The van der Waals surface area contributed by atoms with Gasteiger partial charge < -0.3 is 15.4 Å². The zero-order valence-corrected chi connectivity index (χ0v) is 16.1. The molecule has 6 nitrogen and oxygen atoms in total. The number of thiophene rings is 1. The number of nitrogens with one attached hydrogen (secondary N) is 2. The van der Waals surface area contributed by atoms with Crippen molar-refractivity contribution in [3.63, 3.8) is 0 Å². The molecule has 0 aliphatic carbocycles. The van der Waals surface area contributed by atoms with Crippen LogP contribution >= 0.6 is 11.3 Å². The molecule has 2 amide bonds. The van der Waals surface area contributed by atoms with Gasteiger partial charge >= 0.3 is 5.97 Å². The van der Waals surface area contributed by atoms with Crippen LogP contribution in [0.15, 0.2) is 60.0 Å². The van der Waals surface area contributed by atoms with Crippen molar-refractivity contribution in [1.29, 1.82) is 0 Å². The SMILES string of the molecule is CC(=O)NC(CC(=O)OCC(=O)Nc1cccc2ccccc12)c1cccs1. The number of hydrogen-bond acceptors (Lipinski definition) is 5. The first-order valence-electron chi connectivity index (χ1n) is 8.76. The summed E-state index contributed by atoms with van der Waals surface area (Å²) in [5.74, 6) is -1.21. The second-order valence-electron chi connectivity index (χ2n) is 6.21. The topological polar surface area (TPSA) is 84.5 Å². The smallest absolute Gasteiger partial charge is 0.308 e. The van der Waals surface area contributed by atoms with Crippen LogP contribution < -0.4 is 10.6 Å². The van der Waals surface area contributed by atoms with E-state index in [-0.39, 0.29) is 18.9 Å². The van der Waals surface area contributed by atoms with Gasteiger partial charge in [-0.1, -0.05) is 42.5 Å². The van der Waals surface area contributed by atoms with E-state index in [0.717, 1.165) is 15.6 Å². The van der Waals surface area contributed by atoms with Gasteiger partial charge in [0, 0.05) is 22.9 Å². The zero-order chi connectivity index (χ0) is 19.9. The van der Waals surface area contributed by atoms with Gasteiger partial charge in [0.1, 0.15) is 0 Å². The number of carbonyl (C=O) groups excluding carboxylic acids is 3. The van der Waals surface area contributed by atoms with E-state index in [4.69, 9.17) is 4.74 Å². The lowest BCUT2D eigenvalue weighted by Crippen LogP contribution is -2.29. The fourth-order valence-corrected chi connectivity index (χ4v) is 3.63. The lowest BCUT2D eigenvalue weighted by molar-refractivity contribution is -0.147. The molecule has 0 saturated carbocycles. The Morgan fingerprint density at radius 2 is 1.82 bits per heavy atom. The van der Waals surface area contributed by atoms with Gasteiger partial charge in [-0.3, -0.25) is 14.4 Å². The van der Waals surface area contributed by atoms with Crippen LogP contribution in [-0.2, 0) is 19.1 Å². The quantitative estimate of drug-likeness (QED) is 0.597. The highest BCUT2D eigenvalue weighted by Gasteiger charge is 2.19. The number of ether oxygens (including phenoxy) is 1. The van der Waals surface area contributed by atoms with E-state index < -0.39 is 17.9 Å². The van der Waals surface area contributed by atoms with E-state index in [1.54, 1.807) is 6.07 Å². The van der Waals surface area contributed by atoms with Gasteiger partial charge in [-0.25, -0.2) is 0 Å². The molecule has 3 rings (SSSR count).